The van der Waals surface area contributed by atoms with Gasteiger partial charge in [0.25, 0.3) is 0 Å². The number of halogens is 3. The predicted molar refractivity (Wildman–Crippen MR) is 103 cm³/mol. The van der Waals surface area contributed by atoms with E-state index in [1.807, 2.05) is 13.8 Å². The molecule has 0 bridgehead atoms. The third-order valence-electron chi connectivity index (χ3n) is 4.87. The molecule has 1 aliphatic carbocycles. The molecule has 1 saturated carbocycles. The maximum Gasteiger partial charge on any atom is 0.416 e. The first kappa shape index (κ1) is 20.4. The van der Waals surface area contributed by atoms with Gasteiger partial charge < -0.3 is 15.7 Å². The zero-order chi connectivity index (χ0) is 20.5. The summed E-state index contributed by atoms with van der Waals surface area (Å²) < 4.78 is 39.5. The van der Waals surface area contributed by atoms with Crippen molar-refractivity contribution in [1.82, 2.24) is 9.97 Å². The Kier molecular flexibility index (Phi) is 5.79. The van der Waals surface area contributed by atoms with Gasteiger partial charge in [-0.2, -0.15) is 18.2 Å². The Balaban J connectivity index is 1.89. The second kappa shape index (κ2) is 7.95. The summed E-state index contributed by atoms with van der Waals surface area (Å²) in [5.41, 5.74) is 0.660. The van der Waals surface area contributed by atoms with Crippen LogP contribution >= 0.6 is 0 Å². The van der Waals surface area contributed by atoms with Gasteiger partial charge in [0.05, 0.1) is 23.9 Å². The van der Waals surface area contributed by atoms with Crippen LogP contribution in [0.25, 0.3) is 0 Å². The first-order valence-electron chi connectivity index (χ1n) is 9.38. The van der Waals surface area contributed by atoms with Crippen LogP contribution in [0, 0.1) is 12.8 Å². The lowest BCUT2D eigenvalue weighted by atomic mass is 10.1. The lowest BCUT2D eigenvalue weighted by molar-refractivity contribution is -0.138. The van der Waals surface area contributed by atoms with Gasteiger partial charge in [-0.3, -0.25) is 0 Å². The van der Waals surface area contributed by atoms with Crippen LogP contribution in [-0.2, 0) is 6.18 Å². The Morgan fingerprint density at radius 2 is 1.89 bits per heavy atom. The van der Waals surface area contributed by atoms with E-state index in [2.05, 4.69) is 20.6 Å². The van der Waals surface area contributed by atoms with Crippen molar-refractivity contribution in [2.75, 3.05) is 17.2 Å². The van der Waals surface area contributed by atoms with Crippen molar-refractivity contribution < 1.29 is 18.3 Å². The molecule has 0 aliphatic heterocycles. The van der Waals surface area contributed by atoms with Crippen molar-refractivity contribution >= 4 is 17.5 Å². The van der Waals surface area contributed by atoms with E-state index in [-0.39, 0.29) is 24.1 Å². The number of alkyl halides is 3. The lowest BCUT2D eigenvalue weighted by Gasteiger charge is -2.21. The fourth-order valence-electron chi connectivity index (χ4n) is 2.92. The average Bonchev–Trinajstić information content (AvgIpc) is 3.45. The van der Waals surface area contributed by atoms with E-state index in [0.29, 0.717) is 23.4 Å². The maximum absolute atomic E-state index is 13.2. The fraction of sp³-hybridized carbons (Fsp3) is 0.500. The number of hydrogen-bond donors (Lipinski definition) is 3. The van der Waals surface area contributed by atoms with Gasteiger partial charge in [0.1, 0.15) is 5.82 Å². The molecule has 1 aromatic carbocycles. The molecule has 1 aromatic heterocycles. The van der Waals surface area contributed by atoms with Crippen molar-refractivity contribution in [2.24, 2.45) is 5.92 Å². The molecule has 0 amide bonds. The maximum atomic E-state index is 13.2. The van der Waals surface area contributed by atoms with Crippen LogP contribution in [0.5, 0.6) is 0 Å². The molecular weight excluding hydrogens is 369 g/mol. The number of aromatic nitrogens is 2. The molecule has 28 heavy (non-hydrogen) atoms. The Morgan fingerprint density at radius 3 is 2.46 bits per heavy atom. The zero-order valence-corrected chi connectivity index (χ0v) is 16.1. The van der Waals surface area contributed by atoms with Crippen molar-refractivity contribution in [3.8, 4) is 0 Å². The summed E-state index contributed by atoms with van der Waals surface area (Å²) in [6, 6.07) is 5.69. The number of nitrogens with zero attached hydrogens (tertiary/aromatic N) is 2. The summed E-state index contributed by atoms with van der Waals surface area (Å²) in [4.78, 5) is 8.92. The topological polar surface area (TPSA) is 70.1 Å². The smallest absolute Gasteiger partial charge is 0.394 e. The van der Waals surface area contributed by atoms with Gasteiger partial charge in [-0.05, 0) is 43.4 Å². The minimum absolute atomic E-state index is 0.0651. The molecule has 0 unspecified atom stereocenters. The minimum atomic E-state index is -4.41. The number of aliphatic hydroxyl groups excluding tert-OH is 1. The van der Waals surface area contributed by atoms with Crippen LogP contribution in [0.4, 0.5) is 30.6 Å². The van der Waals surface area contributed by atoms with Crippen LogP contribution in [0.15, 0.2) is 24.3 Å². The molecule has 8 heteroatoms. The summed E-state index contributed by atoms with van der Waals surface area (Å²) >= 11 is 0. The molecule has 152 valence electrons. The minimum Gasteiger partial charge on any atom is -0.394 e. The first-order chi connectivity index (χ1) is 13.2. The van der Waals surface area contributed by atoms with Crippen LogP contribution in [0.3, 0.4) is 0 Å². The third kappa shape index (κ3) is 4.92. The SMILES string of the molecule is Cc1ccc(Nc2cc(C3CC3)nc(N[C@@H](CO)C(C)C)n2)cc1C(F)(F)F. The van der Waals surface area contributed by atoms with Crippen LogP contribution in [0.2, 0.25) is 0 Å². The summed E-state index contributed by atoms with van der Waals surface area (Å²) in [6.45, 7) is 5.32. The number of benzene rings is 1. The number of anilines is 3. The number of aliphatic hydroxyl groups is 1. The second-order valence-electron chi connectivity index (χ2n) is 7.61. The van der Waals surface area contributed by atoms with Gasteiger partial charge in [0.15, 0.2) is 0 Å². The van der Waals surface area contributed by atoms with Crippen molar-refractivity contribution in [1.29, 1.82) is 0 Å². The molecule has 3 rings (SSSR count). The average molecular weight is 394 g/mol. The van der Waals surface area contributed by atoms with Crippen molar-refractivity contribution in [3.05, 3.63) is 41.1 Å². The Labute approximate surface area is 162 Å². The summed E-state index contributed by atoms with van der Waals surface area (Å²) in [7, 11) is 0. The van der Waals surface area contributed by atoms with E-state index in [1.165, 1.54) is 13.0 Å². The van der Waals surface area contributed by atoms with Crippen LogP contribution < -0.4 is 10.6 Å². The molecule has 1 fully saturated rings. The summed E-state index contributed by atoms with van der Waals surface area (Å²) in [5.74, 6) is 1.31. The Hall–Kier alpha value is -2.35. The molecule has 1 heterocycles. The molecule has 1 atom stereocenters. The molecule has 2 aromatic rings. The third-order valence-corrected chi connectivity index (χ3v) is 4.87. The highest BCUT2D eigenvalue weighted by molar-refractivity contribution is 5.60. The molecule has 0 radical (unpaired) electrons. The number of nitrogens with one attached hydrogen (secondary N) is 2. The lowest BCUT2D eigenvalue weighted by Crippen LogP contribution is -2.30. The van der Waals surface area contributed by atoms with Crippen molar-refractivity contribution in [2.45, 2.75) is 51.7 Å². The van der Waals surface area contributed by atoms with Gasteiger partial charge in [-0.1, -0.05) is 19.9 Å². The Morgan fingerprint density at radius 1 is 1.18 bits per heavy atom. The molecule has 1 aliphatic rings. The second-order valence-corrected chi connectivity index (χ2v) is 7.61. The van der Waals surface area contributed by atoms with Gasteiger partial charge >= 0.3 is 6.18 Å². The standard InChI is InChI=1S/C20H25F3N4O/c1-11(2)17(10-28)26-19-25-16(13-5-6-13)9-18(27-19)24-14-7-4-12(3)15(8-14)20(21,22)23/h4,7-9,11,13,17,28H,5-6,10H2,1-3H3,(H2,24,25,26,27)/t17-/m0/s1. The molecule has 5 nitrogen and oxygen atoms in total. The van der Waals surface area contributed by atoms with Crippen LogP contribution in [-0.4, -0.2) is 27.7 Å². The zero-order valence-electron chi connectivity index (χ0n) is 16.1. The van der Waals surface area contributed by atoms with E-state index >= 15 is 0 Å². The van der Waals surface area contributed by atoms with Gasteiger partial charge in [-0.15, -0.1) is 0 Å². The normalized spacial score (nSPS) is 15.6. The summed E-state index contributed by atoms with van der Waals surface area (Å²) in [5, 5.41) is 15.6. The van der Waals surface area contributed by atoms with E-state index < -0.39 is 11.7 Å². The molecule has 3 N–H and O–H groups in total. The molecule has 0 spiro atoms. The van der Waals surface area contributed by atoms with E-state index in [4.69, 9.17) is 0 Å². The fourth-order valence-corrected chi connectivity index (χ4v) is 2.92. The first-order valence-corrected chi connectivity index (χ1v) is 9.38. The number of rotatable bonds is 7. The summed E-state index contributed by atoms with van der Waals surface area (Å²) in [6.07, 6.45) is -2.34. The van der Waals surface area contributed by atoms with E-state index in [1.54, 1.807) is 12.1 Å². The predicted octanol–water partition coefficient (Wildman–Crippen LogP) is 4.85. The Bertz CT molecular complexity index is 835. The highest BCUT2D eigenvalue weighted by Crippen LogP contribution is 2.40. The van der Waals surface area contributed by atoms with Crippen molar-refractivity contribution in [3.63, 3.8) is 0 Å². The number of hydrogen-bond acceptors (Lipinski definition) is 5. The number of aryl methyl sites for hydroxylation is 1. The highest BCUT2D eigenvalue weighted by atomic mass is 19.4. The largest absolute Gasteiger partial charge is 0.416 e. The highest BCUT2D eigenvalue weighted by Gasteiger charge is 2.32. The van der Waals surface area contributed by atoms with Gasteiger partial charge in [0.2, 0.25) is 5.95 Å². The van der Waals surface area contributed by atoms with E-state index in [0.717, 1.165) is 24.6 Å². The monoisotopic (exact) mass is 394 g/mol. The molecule has 0 saturated heterocycles. The van der Waals surface area contributed by atoms with Gasteiger partial charge in [-0.25, -0.2) is 4.98 Å². The molecular formula is C20H25F3N4O. The van der Waals surface area contributed by atoms with Crippen LogP contribution in [0.1, 0.15) is 49.4 Å². The quantitative estimate of drug-likeness (QED) is 0.626. The van der Waals surface area contributed by atoms with Gasteiger partial charge in [0, 0.05) is 17.7 Å². The van der Waals surface area contributed by atoms with E-state index in [9.17, 15) is 18.3 Å².